The Labute approximate surface area is 116 Å². The third-order valence-electron chi connectivity index (χ3n) is 4.20. The molecule has 4 nitrogen and oxygen atoms in total. The van der Waals surface area contributed by atoms with Crippen molar-refractivity contribution in [2.24, 2.45) is 0 Å². The van der Waals surface area contributed by atoms with Crippen LogP contribution in [-0.2, 0) is 10.0 Å². The first-order chi connectivity index (χ1) is 8.88. The molecule has 0 heterocycles. The molecule has 0 saturated heterocycles. The fraction of sp³-hybridized carbons (Fsp3) is 0.571. The van der Waals surface area contributed by atoms with E-state index in [0.29, 0.717) is 11.4 Å². The van der Waals surface area contributed by atoms with Gasteiger partial charge in [0.25, 0.3) is 0 Å². The van der Waals surface area contributed by atoms with Gasteiger partial charge in [-0.25, -0.2) is 8.42 Å². The van der Waals surface area contributed by atoms with Crippen LogP contribution in [0.4, 0.5) is 0 Å². The van der Waals surface area contributed by atoms with Crippen LogP contribution in [0.25, 0.3) is 0 Å². The largest absolute Gasteiger partial charge is 0.302 e. The third-order valence-corrected chi connectivity index (χ3v) is 6.02. The van der Waals surface area contributed by atoms with Gasteiger partial charge in [0.05, 0.1) is 4.90 Å². The van der Waals surface area contributed by atoms with Gasteiger partial charge in [0.2, 0.25) is 10.0 Å². The summed E-state index contributed by atoms with van der Waals surface area (Å²) in [5.41, 5.74) is 0.0105. The maximum atomic E-state index is 12.5. The van der Waals surface area contributed by atoms with Gasteiger partial charge in [0.15, 0.2) is 0 Å². The number of rotatable bonds is 5. The summed E-state index contributed by atoms with van der Waals surface area (Å²) < 4.78 is 26.4. The molecule has 0 bridgehead atoms. The predicted molar refractivity (Wildman–Crippen MR) is 76.5 cm³/mol. The average Bonchev–Trinajstić information content (AvgIpc) is 2.34. The summed E-state index contributed by atoms with van der Waals surface area (Å²) in [7, 11) is 2.36. The quantitative estimate of drug-likeness (QED) is 0.827. The molecule has 0 spiro atoms. The molecule has 1 fully saturated rings. The highest BCUT2D eigenvalue weighted by atomic mass is 32.2. The van der Waals surface area contributed by atoms with Crippen molar-refractivity contribution in [3.05, 3.63) is 30.3 Å². The molecule has 0 unspecified atom stereocenters. The summed E-state index contributed by atoms with van der Waals surface area (Å²) in [6.45, 7) is 0.553. The van der Waals surface area contributed by atoms with Gasteiger partial charge in [-0.3, -0.25) is 0 Å². The van der Waals surface area contributed by atoms with E-state index >= 15 is 0 Å². The van der Waals surface area contributed by atoms with Crippen LogP contribution in [0, 0.1) is 0 Å². The van der Waals surface area contributed by atoms with Gasteiger partial charge < -0.3 is 4.90 Å². The van der Waals surface area contributed by atoms with Gasteiger partial charge in [-0.15, -0.1) is 0 Å². The Morgan fingerprint density at radius 2 is 1.68 bits per heavy atom. The zero-order valence-electron chi connectivity index (χ0n) is 11.8. The van der Waals surface area contributed by atoms with Crippen molar-refractivity contribution < 1.29 is 8.42 Å². The normalized spacial score (nSPS) is 18.6. The van der Waals surface area contributed by atoms with Crippen molar-refractivity contribution in [1.29, 1.82) is 0 Å². The van der Waals surface area contributed by atoms with Crippen LogP contribution in [0.5, 0.6) is 0 Å². The van der Waals surface area contributed by atoms with Crippen molar-refractivity contribution in [3.8, 4) is 0 Å². The highest BCUT2D eigenvalue weighted by Gasteiger charge is 2.41. The van der Waals surface area contributed by atoms with E-state index in [1.54, 1.807) is 31.3 Å². The molecule has 0 aliphatic heterocycles. The minimum absolute atomic E-state index is 0.0105. The van der Waals surface area contributed by atoms with E-state index in [9.17, 15) is 8.42 Å². The van der Waals surface area contributed by atoms with E-state index in [1.807, 2.05) is 20.2 Å². The second kappa shape index (κ2) is 5.23. The highest BCUT2D eigenvalue weighted by Crippen LogP contribution is 2.37. The SMILES string of the molecule is CN(C)C1(CN(C)S(=O)(=O)c2ccccc2)CCC1. The monoisotopic (exact) mass is 282 g/mol. The molecule has 1 aromatic carbocycles. The minimum Gasteiger partial charge on any atom is -0.302 e. The van der Waals surface area contributed by atoms with Gasteiger partial charge in [-0.05, 0) is 45.5 Å². The molecule has 0 radical (unpaired) electrons. The molecule has 19 heavy (non-hydrogen) atoms. The first kappa shape index (κ1) is 14.5. The van der Waals surface area contributed by atoms with Crippen LogP contribution in [0.3, 0.4) is 0 Å². The third kappa shape index (κ3) is 2.68. The lowest BCUT2D eigenvalue weighted by atomic mass is 9.75. The molecule has 0 amide bonds. The van der Waals surface area contributed by atoms with E-state index in [1.165, 1.54) is 10.7 Å². The highest BCUT2D eigenvalue weighted by molar-refractivity contribution is 7.89. The fourth-order valence-electron chi connectivity index (χ4n) is 2.60. The lowest BCUT2D eigenvalue weighted by Crippen LogP contribution is -2.57. The van der Waals surface area contributed by atoms with E-state index in [-0.39, 0.29) is 5.54 Å². The van der Waals surface area contributed by atoms with Gasteiger partial charge >= 0.3 is 0 Å². The van der Waals surface area contributed by atoms with Crippen LogP contribution in [0.2, 0.25) is 0 Å². The van der Waals surface area contributed by atoms with Crippen LogP contribution in [0.1, 0.15) is 19.3 Å². The summed E-state index contributed by atoms with van der Waals surface area (Å²) in [6, 6.07) is 8.63. The Morgan fingerprint density at radius 1 is 1.11 bits per heavy atom. The van der Waals surface area contributed by atoms with Crippen molar-refractivity contribution in [1.82, 2.24) is 9.21 Å². The molecular formula is C14H22N2O2S. The Morgan fingerprint density at radius 3 is 2.11 bits per heavy atom. The van der Waals surface area contributed by atoms with Gasteiger partial charge in [0.1, 0.15) is 0 Å². The maximum Gasteiger partial charge on any atom is 0.242 e. The smallest absolute Gasteiger partial charge is 0.242 e. The zero-order valence-corrected chi connectivity index (χ0v) is 12.7. The van der Waals surface area contributed by atoms with Crippen molar-refractivity contribution in [3.63, 3.8) is 0 Å². The molecule has 0 N–H and O–H groups in total. The first-order valence-electron chi connectivity index (χ1n) is 6.57. The van der Waals surface area contributed by atoms with E-state index < -0.39 is 10.0 Å². The predicted octanol–water partition coefficient (Wildman–Crippen LogP) is 1.79. The summed E-state index contributed by atoms with van der Waals surface area (Å²) in [6.07, 6.45) is 3.31. The Bertz CT molecular complexity index is 522. The minimum atomic E-state index is -3.38. The summed E-state index contributed by atoms with van der Waals surface area (Å²) in [5.74, 6) is 0. The molecule has 2 rings (SSSR count). The van der Waals surface area contributed by atoms with Gasteiger partial charge in [0, 0.05) is 19.1 Å². The molecule has 1 aliphatic rings. The van der Waals surface area contributed by atoms with Crippen LogP contribution >= 0.6 is 0 Å². The number of nitrogens with zero attached hydrogens (tertiary/aromatic N) is 2. The van der Waals surface area contributed by atoms with Gasteiger partial charge in [-0.2, -0.15) is 4.31 Å². The molecule has 0 atom stereocenters. The van der Waals surface area contributed by atoms with E-state index in [0.717, 1.165) is 12.8 Å². The Kier molecular flexibility index (Phi) is 3.99. The Hall–Kier alpha value is -0.910. The first-order valence-corrected chi connectivity index (χ1v) is 8.01. The lowest BCUT2D eigenvalue weighted by Gasteiger charge is -2.48. The second-order valence-corrected chi connectivity index (χ2v) is 7.59. The molecule has 0 aromatic heterocycles. The molecule has 1 aliphatic carbocycles. The fourth-order valence-corrected chi connectivity index (χ4v) is 3.87. The standard InChI is InChI=1S/C14H22N2O2S/c1-15(2)14(10-7-11-14)12-16(3)19(17,18)13-8-5-4-6-9-13/h4-6,8-9H,7,10-12H2,1-3H3. The van der Waals surface area contributed by atoms with Crippen LogP contribution < -0.4 is 0 Å². The Balaban J connectivity index is 2.18. The van der Waals surface area contributed by atoms with Crippen molar-refractivity contribution in [2.75, 3.05) is 27.7 Å². The van der Waals surface area contributed by atoms with Crippen LogP contribution in [-0.4, -0.2) is 50.8 Å². The number of benzene rings is 1. The lowest BCUT2D eigenvalue weighted by molar-refractivity contribution is 0.0455. The molecular weight excluding hydrogens is 260 g/mol. The number of likely N-dealkylation sites (N-methyl/N-ethyl adjacent to an activating group) is 2. The van der Waals surface area contributed by atoms with E-state index in [4.69, 9.17) is 0 Å². The molecule has 106 valence electrons. The van der Waals surface area contributed by atoms with Crippen molar-refractivity contribution >= 4 is 10.0 Å². The molecule has 1 aromatic rings. The number of hydrogen-bond acceptors (Lipinski definition) is 3. The maximum absolute atomic E-state index is 12.5. The van der Waals surface area contributed by atoms with Gasteiger partial charge in [-0.1, -0.05) is 18.2 Å². The van der Waals surface area contributed by atoms with Crippen LogP contribution in [0.15, 0.2) is 35.2 Å². The topological polar surface area (TPSA) is 40.6 Å². The summed E-state index contributed by atoms with van der Waals surface area (Å²) >= 11 is 0. The second-order valence-electron chi connectivity index (χ2n) is 5.55. The molecule has 5 heteroatoms. The molecule has 1 saturated carbocycles. The number of hydrogen-bond donors (Lipinski definition) is 0. The summed E-state index contributed by atoms with van der Waals surface area (Å²) in [4.78, 5) is 2.53. The van der Waals surface area contributed by atoms with E-state index in [2.05, 4.69) is 4.90 Å². The zero-order chi connectivity index (χ0) is 14.1. The van der Waals surface area contributed by atoms with Crippen molar-refractivity contribution in [2.45, 2.75) is 29.7 Å². The average molecular weight is 282 g/mol. The number of sulfonamides is 1. The summed E-state index contributed by atoms with van der Waals surface area (Å²) in [5, 5.41) is 0.